The number of hydrogen-bond acceptors (Lipinski definition) is 4. The molecule has 0 unspecified atom stereocenters. The zero-order chi connectivity index (χ0) is 17.4. The maximum atomic E-state index is 13.7. The average molecular weight is 341 g/mol. The Morgan fingerprint density at radius 3 is 2.39 bits per heavy atom. The predicted molar refractivity (Wildman–Crippen MR) is 93.8 cm³/mol. The lowest BCUT2D eigenvalue weighted by atomic mass is 9.77. The molecule has 1 heterocycles. The highest BCUT2D eigenvalue weighted by atomic mass is 35.5. The summed E-state index contributed by atoms with van der Waals surface area (Å²) in [6, 6.07) is 2.72. The molecule has 1 saturated heterocycles. The minimum atomic E-state index is -0.524. The summed E-state index contributed by atoms with van der Waals surface area (Å²) in [7, 11) is 1.30. The van der Waals surface area contributed by atoms with E-state index in [2.05, 4.69) is 5.32 Å². The number of benzene rings is 1. The standard InChI is InChI=1S/C16H23BClFN2O2/c1-15(2)16(3,4)23-17(22-15)11(9-21-5)6-10-7-13(19)14(20)8-12(10)18/h6-8,21H,9,20H2,1-5H3. The second-order valence-corrected chi connectivity index (χ2v) is 7.14. The third kappa shape index (κ3) is 3.71. The largest absolute Gasteiger partial charge is 0.491 e. The molecule has 1 aromatic rings. The van der Waals surface area contributed by atoms with Gasteiger partial charge in [0.05, 0.1) is 21.9 Å². The summed E-state index contributed by atoms with van der Waals surface area (Å²) in [5, 5.41) is 3.46. The number of hydrogen-bond donors (Lipinski definition) is 2. The first-order valence-corrected chi connectivity index (χ1v) is 7.90. The van der Waals surface area contributed by atoms with Crippen LogP contribution in [0.2, 0.25) is 5.02 Å². The highest BCUT2D eigenvalue weighted by Gasteiger charge is 2.52. The fourth-order valence-corrected chi connectivity index (χ4v) is 2.52. The van der Waals surface area contributed by atoms with Crippen LogP contribution in [0, 0.1) is 5.82 Å². The zero-order valence-electron chi connectivity index (χ0n) is 14.2. The molecule has 0 radical (unpaired) electrons. The van der Waals surface area contributed by atoms with Gasteiger partial charge in [-0.3, -0.25) is 0 Å². The molecule has 0 bridgehead atoms. The SMILES string of the molecule is CNCC(=Cc1cc(F)c(N)cc1Cl)B1OC(C)(C)C(C)(C)O1. The van der Waals surface area contributed by atoms with E-state index in [-0.39, 0.29) is 5.69 Å². The summed E-state index contributed by atoms with van der Waals surface area (Å²) in [5.41, 5.74) is 6.04. The summed E-state index contributed by atoms with van der Waals surface area (Å²) in [4.78, 5) is 0. The number of nitrogens with one attached hydrogen (secondary N) is 1. The van der Waals surface area contributed by atoms with Gasteiger partial charge in [0, 0.05) is 6.54 Å². The van der Waals surface area contributed by atoms with Crippen LogP contribution in [0.4, 0.5) is 10.1 Å². The molecule has 126 valence electrons. The third-order valence-electron chi connectivity index (χ3n) is 4.39. The van der Waals surface area contributed by atoms with Gasteiger partial charge >= 0.3 is 7.12 Å². The Kier molecular flexibility index (Phi) is 5.11. The number of halogens is 2. The molecule has 1 aliphatic rings. The van der Waals surface area contributed by atoms with E-state index in [0.717, 1.165) is 5.47 Å². The van der Waals surface area contributed by atoms with E-state index in [9.17, 15) is 4.39 Å². The number of rotatable bonds is 4. The van der Waals surface area contributed by atoms with Crippen molar-refractivity contribution in [1.82, 2.24) is 5.32 Å². The lowest BCUT2D eigenvalue weighted by Gasteiger charge is -2.32. The lowest BCUT2D eigenvalue weighted by molar-refractivity contribution is 0.00578. The Hall–Kier alpha value is -1.08. The van der Waals surface area contributed by atoms with Crippen LogP contribution in [-0.2, 0) is 9.31 Å². The van der Waals surface area contributed by atoms with E-state index >= 15 is 0 Å². The highest BCUT2D eigenvalue weighted by Crippen LogP contribution is 2.39. The third-order valence-corrected chi connectivity index (χ3v) is 4.72. The molecule has 1 aliphatic heterocycles. The topological polar surface area (TPSA) is 56.5 Å². The Morgan fingerprint density at radius 2 is 1.87 bits per heavy atom. The van der Waals surface area contributed by atoms with E-state index in [4.69, 9.17) is 26.6 Å². The molecular weight excluding hydrogens is 317 g/mol. The van der Waals surface area contributed by atoms with Crippen molar-refractivity contribution < 1.29 is 13.7 Å². The van der Waals surface area contributed by atoms with E-state index in [1.807, 2.05) is 34.7 Å². The zero-order valence-corrected chi connectivity index (χ0v) is 14.9. The van der Waals surface area contributed by atoms with Gasteiger partial charge in [-0.15, -0.1) is 0 Å². The van der Waals surface area contributed by atoms with Gasteiger partial charge in [-0.2, -0.15) is 0 Å². The summed E-state index contributed by atoms with van der Waals surface area (Å²) in [6.07, 6.45) is 1.78. The first-order valence-electron chi connectivity index (χ1n) is 7.52. The number of nitrogen functional groups attached to an aromatic ring is 1. The van der Waals surface area contributed by atoms with Crippen LogP contribution in [0.15, 0.2) is 17.6 Å². The second-order valence-electron chi connectivity index (χ2n) is 6.73. The summed E-state index contributed by atoms with van der Waals surface area (Å²) in [5.74, 6) is -0.502. The molecule has 2 rings (SSSR count). The van der Waals surface area contributed by atoms with Crippen LogP contribution in [0.1, 0.15) is 33.3 Å². The van der Waals surface area contributed by atoms with Gasteiger partial charge in [-0.25, -0.2) is 4.39 Å². The van der Waals surface area contributed by atoms with Crippen LogP contribution in [0.5, 0.6) is 0 Å². The molecule has 0 saturated carbocycles. The molecule has 4 nitrogen and oxygen atoms in total. The van der Waals surface area contributed by atoms with Gasteiger partial charge in [-0.1, -0.05) is 17.7 Å². The van der Waals surface area contributed by atoms with Crippen molar-refractivity contribution >= 4 is 30.5 Å². The van der Waals surface area contributed by atoms with Crippen molar-refractivity contribution in [2.24, 2.45) is 0 Å². The van der Waals surface area contributed by atoms with E-state index in [1.54, 1.807) is 6.08 Å². The average Bonchev–Trinajstić information content (AvgIpc) is 2.64. The van der Waals surface area contributed by atoms with Gasteiger partial charge in [0.15, 0.2) is 0 Å². The second kappa shape index (κ2) is 6.44. The molecule has 7 heteroatoms. The van der Waals surface area contributed by atoms with Crippen molar-refractivity contribution in [1.29, 1.82) is 0 Å². The summed E-state index contributed by atoms with van der Waals surface area (Å²) < 4.78 is 25.8. The van der Waals surface area contributed by atoms with E-state index < -0.39 is 24.1 Å². The smallest absolute Gasteiger partial charge is 0.400 e. The molecule has 0 aromatic heterocycles. The van der Waals surface area contributed by atoms with Crippen LogP contribution in [0.3, 0.4) is 0 Å². The van der Waals surface area contributed by atoms with Gasteiger partial charge in [-0.05, 0) is 57.9 Å². The van der Waals surface area contributed by atoms with Crippen molar-refractivity contribution in [3.63, 3.8) is 0 Å². The van der Waals surface area contributed by atoms with Crippen molar-refractivity contribution in [2.75, 3.05) is 19.3 Å². The Morgan fingerprint density at radius 1 is 1.30 bits per heavy atom. The molecule has 1 fully saturated rings. The molecule has 1 aromatic carbocycles. The van der Waals surface area contributed by atoms with Gasteiger partial charge in [0.1, 0.15) is 5.82 Å². The first-order chi connectivity index (χ1) is 10.6. The van der Waals surface area contributed by atoms with Crippen LogP contribution >= 0.6 is 11.6 Å². The van der Waals surface area contributed by atoms with Gasteiger partial charge in [0.2, 0.25) is 0 Å². The minimum absolute atomic E-state index is 0.0259. The number of anilines is 1. The van der Waals surface area contributed by atoms with Crippen molar-refractivity contribution in [3.8, 4) is 0 Å². The summed E-state index contributed by atoms with van der Waals surface area (Å²) >= 11 is 6.17. The van der Waals surface area contributed by atoms with Crippen LogP contribution in [0.25, 0.3) is 6.08 Å². The van der Waals surface area contributed by atoms with Crippen molar-refractivity contribution in [3.05, 3.63) is 34.0 Å². The molecule has 23 heavy (non-hydrogen) atoms. The molecule has 0 aliphatic carbocycles. The van der Waals surface area contributed by atoms with Crippen LogP contribution < -0.4 is 11.1 Å². The fraction of sp³-hybridized carbons (Fsp3) is 0.500. The monoisotopic (exact) mass is 340 g/mol. The Balaban J connectivity index is 2.38. The molecule has 0 spiro atoms. The normalized spacial score (nSPS) is 20.1. The maximum absolute atomic E-state index is 13.7. The Labute approximate surface area is 142 Å². The molecule has 0 amide bonds. The molecule has 0 atom stereocenters. The van der Waals surface area contributed by atoms with Gasteiger partial charge < -0.3 is 20.4 Å². The Bertz CT molecular complexity index is 619. The van der Waals surface area contributed by atoms with Crippen molar-refractivity contribution in [2.45, 2.75) is 38.9 Å². The number of likely N-dealkylation sites (N-methyl/N-ethyl adjacent to an activating group) is 1. The lowest BCUT2D eigenvalue weighted by Crippen LogP contribution is -2.41. The maximum Gasteiger partial charge on any atom is 0.491 e. The van der Waals surface area contributed by atoms with E-state index in [0.29, 0.717) is 17.1 Å². The highest BCUT2D eigenvalue weighted by molar-refractivity contribution is 6.56. The van der Waals surface area contributed by atoms with Crippen LogP contribution in [-0.4, -0.2) is 31.9 Å². The quantitative estimate of drug-likeness (QED) is 0.652. The number of nitrogens with two attached hydrogens (primary N) is 1. The molecular formula is C16H23BClFN2O2. The molecule has 3 N–H and O–H groups in total. The van der Waals surface area contributed by atoms with Gasteiger partial charge in [0.25, 0.3) is 0 Å². The fourth-order valence-electron chi connectivity index (χ4n) is 2.29. The first kappa shape index (κ1) is 18.3. The summed E-state index contributed by atoms with van der Waals surface area (Å²) in [6.45, 7) is 8.47. The predicted octanol–water partition coefficient (Wildman–Crippen LogP) is 3.30. The van der Waals surface area contributed by atoms with E-state index in [1.165, 1.54) is 12.1 Å². The minimum Gasteiger partial charge on any atom is -0.400 e.